The molecule has 20 heavy (non-hydrogen) atoms. The summed E-state index contributed by atoms with van der Waals surface area (Å²) in [6.45, 7) is 2.01. The van der Waals surface area contributed by atoms with E-state index in [0.29, 0.717) is 12.8 Å². The summed E-state index contributed by atoms with van der Waals surface area (Å²) in [6, 6.07) is 7.89. The van der Waals surface area contributed by atoms with Crippen LogP contribution in [0, 0.1) is 12.8 Å². The maximum absolute atomic E-state index is 12.0. The Labute approximate surface area is 119 Å². The number of carboxylic acids is 1. The van der Waals surface area contributed by atoms with E-state index in [-0.39, 0.29) is 17.9 Å². The van der Waals surface area contributed by atoms with Gasteiger partial charge in [-0.2, -0.15) is 0 Å². The minimum atomic E-state index is -0.748. The predicted molar refractivity (Wildman–Crippen MR) is 76.4 cm³/mol. The fourth-order valence-electron chi connectivity index (χ4n) is 2.72. The van der Waals surface area contributed by atoms with Gasteiger partial charge in [0.25, 0.3) is 0 Å². The fraction of sp³-hybridized carbons (Fsp3) is 0.500. The SMILES string of the molecule is Cc1ccc(CC(=O)NC2CCCC(C(=O)O)C2)cc1. The Bertz CT molecular complexity index is 481. The Morgan fingerprint density at radius 1 is 1.25 bits per heavy atom. The summed E-state index contributed by atoms with van der Waals surface area (Å²) in [5, 5.41) is 12.0. The first kappa shape index (κ1) is 14.6. The zero-order valence-electron chi connectivity index (χ0n) is 11.8. The lowest BCUT2D eigenvalue weighted by Gasteiger charge is -2.27. The van der Waals surface area contributed by atoms with Crippen molar-refractivity contribution in [3.05, 3.63) is 35.4 Å². The molecule has 1 aliphatic rings. The molecule has 0 bridgehead atoms. The highest BCUT2D eigenvalue weighted by atomic mass is 16.4. The molecule has 0 saturated heterocycles. The lowest BCUT2D eigenvalue weighted by molar-refractivity contribution is -0.143. The van der Waals surface area contributed by atoms with Gasteiger partial charge in [0, 0.05) is 6.04 Å². The van der Waals surface area contributed by atoms with E-state index in [2.05, 4.69) is 5.32 Å². The van der Waals surface area contributed by atoms with E-state index in [1.807, 2.05) is 31.2 Å². The van der Waals surface area contributed by atoms with Gasteiger partial charge in [0.2, 0.25) is 5.91 Å². The van der Waals surface area contributed by atoms with Crippen molar-refractivity contribution < 1.29 is 14.7 Å². The highest BCUT2D eigenvalue weighted by molar-refractivity contribution is 5.79. The van der Waals surface area contributed by atoms with Gasteiger partial charge in [-0.25, -0.2) is 0 Å². The molecule has 108 valence electrons. The minimum Gasteiger partial charge on any atom is -0.481 e. The van der Waals surface area contributed by atoms with Gasteiger partial charge in [-0.15, -0.1) is 0 Å². The second-order valence-corrected chi connectivity index (χ2v) is 5.63. The molecule has 0 heterocycles. The molecule has 0 aromatic heterocycles. The first-order valence-electron chi connectivity index (χ1n) is 7.12. The van der Waals surface area contributed by atoms with Crippen molar-refractivity contribution in [2.45, 2.75) is 45.1 Å². The number of carbonyl (C=O) groups excluding carboxylic acids is 1. The first-order valence-corrected chi connectivity index (χ1v) is 7.12. The van der Waals surface area contributed by atoms with Gasteiger partial charge < -0.3 is 10.4 Å². The molecule has 2 atom stereocenters. The minimum absolute atomic E-state index is 0.00259. The van der Waals surface area contributed by atoms with E-state index < -0.39 is 5.97 Å². The molecule has 2 N–H and O–H groups in total. The Balaban J connectivity index is 1.85. The molecule has 4 heteroatoms. The molecule has 2 unspecified atom stereocenters. The number of amides is 1. The molecular formula is C16H21NO3. The number of nitrogens with one attached hydrogen (secondary N) is 1. The van der Waals surface area contributed by atoms with E-state index in [0.717, 1.165) is 24.8 Å². The van der Waals surface area contributed by atoms with Crippen LogP contribution in [0.4, 0.5) is 0 Å². The summed E-state index contributed by atoms with van der Waals surface area (Å²) < 4.78 is 0. The van der Waals surface area contributed by atoms with E-state index >= 15 is 0 Å². The summed E-state index contributed by atoms with van der Waals surface area (Å²) in [7, 11) is 0. The molecule has 0 spiro atoms. The monoisotopic (exact) mass is 275 g/mol. The Morgan fingerprint density at radius 3 is 2.60 bits per heavy atom. The number of hydrogen-bond acceptors (Lipinski definition) is 2. The Kier molecular flexibility index (Phi) is 4.77. The molecule has 1 fully saturated rings. The van der Waals surface area contributed by atoms with Gasteiger partial charge in [0.1, 0.15) is 0 Å². The van der Waals surface area contributed by atoms with Crippen LogP contribution in [0.25, 0.3) is 0 Å². The number of benzene rings is 1. The van der Waals surface area contributed by atoms with Crippen LogP contribution in [-0.2, 0) is 16.0 Å². The zero-order valence-corrected chi connectivity index (χ0v) is 11.8. The zero-order chi connectivity index (χ0) is 14.5. The van der Waals surface area contributed by atoms with E-state index in [9.17, 15) is 9.59 Å². The third-order valence-corrected chi connectivity index (χ3v) is 3.87. The topological polar surface area (TPSA) is 66.4 Å². The average Bonchev–Trinajstić information content (AvgIpc) is 2.41. The van der Waals surface area contributed by atoms with Crippen molar-refractivity contribution in [2.75, 3.05) is 0 Å². The number of aryl methyl sites for hydroxylation is 1. The van der Waals surface area contributed by atoms with Gasteiger partial charge in [0.15, 0.2) is 0 Å². The van der Waals surface area contributed by atoms with Crippen molar-refractivity contribution in [1.82, 2.24) is 5.32 Å². The van der Waals surface area contributed by atoms with Crippen LogP contribution >= 0.6 is 0 Å². The lowest BCUT2D eigenvalue weighted by atomic mass is 9.85. The normalized spacial score (nSPS) is 22.2. The van der Waals surface area contributed by atoms with Crippen molar-refractivity contribution in [1.29, 1.82) is 0 Å². The van der Waals surface area contributed by atoms with E-state index in [4.69, 9.17) is 5.11 Å². The second-order valence-electron chi connectivity index (χ2n) is 5.63. The number of carboxylic acid groups (broad SMARTS) is 1. The van der Waals surface area contributed by atoms with Crippen LogP contribution in [0.5, 0.6) is 0 Å². The second kappa shape index (κ2) is 6.55. The van der Waals surface area contributed by atoms with Crippen molar-refractivity contribution >= 4 is 11.9 Å². The molecule has 1 aliphatic carbocycles. The highest BCUT2D eigenvalue weighted by Gasteiger charge is 2.27. The summed E-state index contributed by atoms with van der Waals surface area (Å²) in [4.78, 5) is 23.0. The van der Waals surface area contributed by atoms with Crippen LogP contribution in [0.2, 0.25) is 0 Å². The van der Waals surface area contributed by atoms with Gasteiger partial charge in [-0.05, 0) is 31.7 Å². The van der Waals surface area contributed by atoms with Crippen molar-refractivity contribution in [3.63, 3.8) is 0 Å². The maximum Gasteiger partial charge on any atom is 0.306 e. The third kappa shape index (κ3) is 4.08. The third-order valence-electron chi connectivity index (χ3n) is 3.87. The predicted octanol–water partition coefficient (Wildman–Crippen LogP) is 2.30. The maximum atomic E-state index is 12.0. The average molecular weight is 275 g/mol. The van der Waals surface area contributed by atoms with E-state index in [1.54, 1.807) is 0 Å². The van der Waals surface area contributed by atoms with Crippen molar-refractivity contribution in [2.24, 2.45) is 5.92 Å². The number of aliphatic carboxylic acids is 1. The molecule has 1 aromatic carbocycles. The summed E-state index contributed by atoms with van der Waals surface area (Å²) in [6.07, 6.45) is 3.37. The Hall–Kier alpha value is -1.84. The lowest BCUT2D eigenvalue weighted by Crippen LogP contribution is -2.40. The van der Waals surface area contributed by atoms with Crippen LogP contribution in [0.15, 0.2) is 24.3 Å². The van der Waals surface area contributed by atoms with Crippen molar-refractivity contribution in [3.8, 4) is 0 Å². The fourth-order valence-corrected chi connectivity index (χ4v) is 2.72. The van der Waals surface area contributed by atoms with Gasteiger partial charge in [-0.1, -0.05) is 36.2 Å². The smallest absolute Gasteiger partial charge is 0.306 e. The van der Waals surface area contributed by atoms with Crippen LogP contribution in [0.1, 0.15) is 36.8 Å². The van der Waals surface area contributed by atoms with Crippen LogP contribution in [0.3, 0.4) is 0 Å². The largest absolute Gasteiger partial charge is 0.481 e. The van der Waals surface area contributed by atoms with Gasteiger partial charge >= 0.3 is 5.97 Å². The molecule has 1 amide bonds. The number of carbonyl (C=O) groups is 2. The summed E-state index contributed by atoms with van der Waals surface area (Å²) >= 11 is 0. The summed E-state index contributed by atoms with van der Waals surface area (Å²) in [5.74, 6) is -1.08. The first-order chi connectivity index (χ1) is 9.54. The molecule has 2 rings (SSSR count). The number of hydrogen-bond donors (Lipinski definition) is 2. The van der Waals surface area contributed by atoms with Gasteiger partial charge in [-0.3, -0.25) is 9.59 Å². The van der Waals surface area contributed by atoms with E-state index in [1.165, 1.54) is 5.56 Å². The molecule has 4 nitrogen and oxygen atoms in total. The number of rotatable bonds is 4. The Morgan fingerprint density at radius 2 is 1.95 bits per heavy atom. The standard InChI is InChI=1S/C16H21NO3/c1-11-5-7-12(8-6-11)9-15(18)17-14-4-2-3-13(10-14)16(19)20/h5-8,13-14H,2-4,9-10H2,1H3,(H,17,18)(H,19,20). The summed E-state index contributed by atoms with van der Waals surface area (Å²) in [5.41, 5.74) is 2.16. The van der Waals surface area contributed by atoms with Crippen LogP contribution in [-0.4, -0.2) is 23.0 Å². The molecule has 0 aliphatic heterocycles. The molecule has 1 aromatic rings. The molecular weight excluding hydrogens is 254 g/mol. The highest BCUT2D eigenvalue weighted by Crippen LogP contribution is 2.24. The van der Waals surface area contributed by atoms with Gasteiger partial charge in [0.05, 0.1) is 12.3 Å². The quantitative estimate of drug-likeness (QED) is 0.886. The molecule has 1 saturated carbocycles. The van der Waals surface area contributed by atoms with Crippen LogP contribution < -0.4 is 5.32 Å². The molecule has 0 radical (unpaired) electrons.